The number of aryl methyl sites for hydroxylation is 1. The molecule has 2 aromatic carbocycles. The number of carbonyl (C=O) groups is 2. The van der Waals surface area contributed by atoms with Gasteiger partial charge in [0.2, 0.25) is 0 Å². The zero-order valence-corrected chi connectivity index (χ0v) is 14.9. The van der Waals surface area contributed by atoms with Crippen molar-refractivity contribution < 1.29 is 14.3 Å². The summed E-state index contributed by atoms with van der Waals surface area (Å²) in [5.74, 6) is -0.486. The summed E-state index contributed by atoms with van der Waals surface area (Å²) in [7, 11) is 0. The smallest absolute Gasteiger partial charge is 0.255 e. The van der Waals surface area contributed by atoms with E-state index in [4.69, 9.17) is 10.5 Å². The zero-order valence-electron chi connectivity index (χ0n) is 14.1. The van der Waals surface area contributed by atoms with Crippen molar-refractivity contribution in [3.8, 4) is 5.75 Å². The lowest BCUT2D eigenvalue weighted by atomic mass is 10.2. The summed E-state index contributed by atoms with van der Waals surface area (Å²) in [5.41, 5.74) is 6.47. The third-order valence-corrected chi connectivity index (χ3v) is 4.79. The Morgan fingerprint density at radius 2 is 1.88 bits per heavy atom. The average molecular weight is 369 g/mol. The molecule has 3 rings (SSSR count). The number of aromatic nitrogens is 1. The van der Waals surface area contributed by atoms with E-state index in [1.54, 1.807) is 35.6 Å². The number of rotatable bonds is 8. The maximum Gasteiger partial charge on any atom is 0.255 e. The lowest BCUT2D eigenvalue weighted by molar-refractivity contribution is -0.119. The predicted octanol–water partition coefficient (Wildman–Crippen LogP) is 2.52. The van der Waals surface area contributed by atoms with Gasteiger partial charge in [-0.15, -0.1) is 11.3 Å². The van der Waals surface area contributed by atoms with E-state index >= 15 is 0 Å². The lowest BCUT2D eigenvalue weighted by Crippen LogP contribution is -2.26. The van der Waals surface area contributed by atoms with Crippen molar-refractivity contribution in [2.24, 2.45) is 5.73 Å². The Balaban J connectivity index is 1.51. The second kappa shape index (κ2) is 8.44. The quantitative estimate of drug-likeness (QED) is 0.597. The number of amides is 2. The Morgan fingerprint density at radius 3 is 2.69 bits per heavy atom. The molecule has 7 heteroatoms. The Labute approximate surface area is 155 Å². The van der Waals surface area contributed by atoms with Crippen LogP contribution in [0.3, 0.4) is 0 Å². The van der Waals surface area contributed by atoms with Gasteiger partial charge in [-0.25, -0.2) is 4.98 Å². The van der Waals surface area contributed by atoms with Gasteiger partial charge in [0.25, 0.3) is 11.8 Å². The lowest BCUT2D eigenvalue weighted by Gasteiger charge is -2.10. The topological polar surface area (TPSA) is 94.3 Å². The molecule has 0 unspecified atom stereocenters. The molecule has 0 aliphatic carbocycles. The molecular weight excluding hydrogens is 350 g/mol. The van der Waals surface area contributed by atoms with E-state index in [2.05, 4.69) is 16.4 Å². The van der Waals surface area contributed by atoms with Crippen LogP contribution in [-0.4, -0.2) is 29.9 Å². The fourth-order valence-corrected chi connectivity index (χ4v) is 3.50. The molecule has 6 nitrogen and oxygen atoms in total. The van der Waals surface area contributed by atoms with Gasteiger partial charge >= 0.3 is 0 Å². The van der Waals surface area contributed by atoms with Gasteiger partial charge in [0.15, 0.2) is 6.61 Å². The van der Waals surface area contributed by atoms with E-state index < -0.39 is 5.91 Å². The highest BCUT2D eigenvalue weighted by molar-refractivity contribution is 7.18. The molecule has 134 valence electrons. The van der Waals surface area contributed by atoms with E-state index in [9.17, 15) is 9.59 Å². The van der Waals surface area contributed by atoms with Crippen LogP contribution in [0, 0.1) is 0 Å². The van der Waals surface area contributed by atoms with E-state index in [1.165, 1.54) is 4.70 Å². The van der Waals surface area contributed by atoms with Crippen LogP contribution < -0.4 is 15.8 Å². The second-order valence-electron chi connectivity index (χ2n) is 5.69. The van der Waals surface area contributed by atoms with Crippen LogP contribution in [0.5, 0.6) is 5.75 Å². The van der Waals surface area contributed by atoms with Gasteiger partial charge in [-0.2, -0.15) is 0 Å². The van der Waals surface area contributed by atoms with Crippen molar-refractivity contribution in [3.05, 3.63) is 59.1 Å². The minimum atomic E-state index is -0.587. The molecule has 3 aromatic rings. The van der Waals surface area contributed by atoms with E-state index in [0.717, 1.165) is 23.4 Å². The number of nitrogens with zero attached hydrogens (tertiary/aromatic N) is 1. The van der Waals surface area contributed by atoms with Crippen LogP contribution in [0.4, 0.5) is 0 Å². The van der Waals surface area contributed by atoms with Gasteiger partial charge in [-0.1, -0.05) is 24.3 Å². The Morgan fingerprint density at radius 1 is 1.12 bits per heavy atom. The van der Waals surface area contributed by atoms with E-state index in [1.807, 2.05) is 18.2 Å². The summed E-state index contributed by atoms with van der Waals surface area (Å²) in [6.45, 7) is 0.265. The van der Waals surface area contributed by atoms with Crippen molar-refractivity contribution in [1.82, 2.24) is 10.3 Å². The molecule has 0 radical (unpaired) electrons. The third kappa shape index (κ3) is 4.58. The molecule has 1 heterocycles. The molecule has 0 fully saturated rings. The summed E-state index contributed by atoms with van der Waals surface area (Å²) in [4.78, 5) is 27.8. The van der Waals surface area contributed by atoms with Gasteiger partial charge in [-0.3, -0.25) is 9.59 Å². The van der Waals surface area contributed by atoms with Crippen molar-refractivity contribution >= 4 is 33.4 Å². The predicted molar refractivity (Wildman–Crippen MR) is 101 cm³/mol. The minimum absolute atomic E-state index is 0.241. The number of ether oxygens (including phenoxy) is 1. The number of nitrogens with two attached hydrogens (primary N) is 1. The van der Waals surface area contributed by atoms with Crippen LogP contribution in [0.25, 0.3) is 10.2 Å². The summed E-state index contributed by atoms with van der Waals surface area (Å²) < 4.78 is 6.46. The number of primary amides is 1. The fourth-order valence-electron chi connectivity index (χ4n) is 2.49. The molecule has 0 atom stereocenters. The Bertz CT molecular complexity index is 890. The van der Waals surface area contributed by atoms with Gasteiger partial charge in [0.05, 0.1) is 20.8 Å². The van der Waals surface area contributed by atoms with Gasteiger partial charge < -0.3 is 15.8 Å². The third-order valence-electron chi connectivity index (χ3n) is 3.69. The van der Waals surface area contributed by atoms with Crippen molar-refractivity contribution in [3.63, 3.8) is 0 Å². The Kier molecular flexibility index (Phi) is 5.80. The van der Waals surface area contributed by atoms with E-state index in [0.29, 0.717) is 17.9 Å². The summed E-state index contributed by atoms with van der Waals surface area (Å²) in [6.07, 6.45) is 1.59. The number of thiazole rings is 1. The number of carbonyl (C=O) groups excluding carboxylic acids is 2. The first-order valence-electron chi connectivity index (χ1n) is 8.26. The number of hydrogen-bond donors (Lipinski definition) is 2. The van der Waals surface area contributed by atoms with E-state index in [-0.39, 0.29) is 12.5 Å². The maximum atomic E-state index is 12.3. The number of para-hydroxylation sites is 2. The molecule has 1 aromatic heterocycles. The number of hydrogen-bond acceptors (Lipinski definition) is 5. The van der Waals surface area contributed by atoms with Crippen LogP contribution in [0.1, 0.15) is 21.8 Å². The van der Waals surface area contributed by atoms with Crippen molar-refractivity contribution in [2.75, 3.05) is 13.2 Å². The normalized spacial score (nSPS) is 10.6. The molecule has 2 amide bonds. The molecule has 0 spiro atoms. The summed E-state index contributed by atoms with van der Waals surface area (Å²) in [5, 5.41) is 3.93. The molecular formula is C19H19N3O3S. The molecule has 0 saturated heterocycles. The Hall–Kier alpha value is -2.93. The molecule has 0 aliphatic rings. The molecule has 0 bridgehead atoms. The molecule has 0 saturated carbocycles. The second-order valence-corrected chi connectivity index (χ2v) is 6.80. The van der Waals surface area contributed by atoms with Crippen LogP contribution in [-0.2, 0) is 11.2 Å². The van der Waals surface area contributed by atoms with Crippen molar-refractivity contribution in [1.29, 1.82) is 0 Å². The van der Waals surface area contributed by atoms with Crippen LogP contribution in [0.15, 0.2) is 48.5 Å². The highest BCUT2D eigenvalue weighted by Gasteiger charge is 2.12. The highest BCUT2D eigenvalue weighted by atomic mass is 32.1. The SMILES string of the molecule is NC(=O)COc1ccccc1C(=O)NCCCc1nc2ccccc2s1. The first-order valence-corrected chi connectivity index (χ1v) is 9.08. The summed E-state index contributed by atoms with van der Waals surface area (Å²) >= 11 is 1.68. The number of fused-ring (bicyclic) bond motifs is 1. The average Bonchev–Trinajstić information content (AvgIpc) is 3.06. The molecule has 3 N–H and O–H groups in total. The fraction of sp³-hybridized carbons (Fsp3) is 0.211. The molecule has 26 heavy (non-hydrogen) atoms. The number of nitrogens with one attached hydrogen (secondary N) is 1. The van der Waals surface area contributed by atoms with Gasteiger partial charge in [0, 0.05) is 13.0 Å². The van der Waals surface area contributed by atoms with Crippen molar-refractivity contribution in [2.45, 2.75) is 12.8 Å². The summed E-state index contributed by atoms with van der Waals surface area (Å²) in [6, 6.07) is 14.8. The zero-order chi connectivity index (χ0) is 18.4. The highest BCUT2D eigenvalue weighted by Crippen LogP contribution is 2.22. The largest absolute Gasteiger partial charge is 0.483 e. The molecule has 0 aliphatic heterocycles. The minimum Gasteiger partial charge on any atom is -0.483 e. The van der Waals surface area contributed by atoms with Crippen LogP contribution >= 0.6 is 11.3 Å². The maximum absolute atomic E-state index is 12.3. The van der Waals surface area contributed by atoms with Gasteiger partial charge in [0.1, 0.15) is 5.75 Å². The van der Waals surface area contributed by atoms with Crippen LogP contribution in [0.2, 0.25) is 0 Å². The van der Waals surface area contributed by atoms with Gasteiger partial charge in [-0.05, 0) is 30.7 Å². The number of benzene rings is 2. The standard InChI is InChI=1S/C19H19N3O3S/c20-17(23)12-25-15-8-3-1-6-13(15)19(24)21-11-5-10-18-22-14-7-2-4-9-16(14)26-18/h1-4,6-9H,5,10-12H2,(H2,20,23)(H,21,24). The first-order chi connectivity index (χ1) is 12.6. The monoisotopic (exact) mass is 369 g/mol. The first kappa shape index (κ1) is 17.9.